The summed E-state index contributed by atoms with van der Waals surface area (Å²) in [7, 11) is 0. The molecule has 0 radical (unpaired) electrons. The van der Waals surface area contributed by atoms with Gasteiger partial charge in [-0.3, -0.25) is 4.98 Å². The van der Waals surface area contributed by atoms with E-state index in [4.69, 9.17) is 4.74 Å². The number of ether oxygens (including phenoxy) is 1. The number of aliphatic hydroxyl groups is 1. The molecule has 1 aliphatic rings. The first-order chi connectivity index (χ1) is 9.25. The summed E-state index contributed by atoms with van der Waals surface area (Å²) in [4.78, 5) is 4.30. The van der Waals surface area contributed by atoms with Crippen LogP contribution in [-0.2, 0) is 6.42 Å². The molecule has 2 aromatic rings. The predicted octanol–water partition coefficient (Wildman–Crippen LogP) is 2.80. The first-order valence-corrected chi connectivity index (χ1v) is 6.61. The Morgan fingerprint density at radius 1 is 1.26 bits per heavy atom. The van der Waals surface area contributed by atoms with E-state index in [1.54, 1.807) is 6.20 Å². The van der Waals surface area contributed by atoms with Gasteiger partial charge in [0.05, 0.1) is 12.3 Å². The van der Waals surface area contributed by atoms with Crippen molar-refractivity contribution in [1.29, 1.82) is 0 Å². The number of benzene rings is 1. The van der Waals surface area contributed by atoms with Gasteiger partial charge in [0.25, 0.3) is 0 Å². The van der Waals surface area contributed by atoms with E-state index >= 15 is 0 Å². The third kappa shape index (κ3) is 2.34. The fraction of sp³-hybridized carbons (Fsp3) is 0.312. The fourth-order valence-electron chi connectivity index (χ4n) is 2.43. The number of hydrogen-bond donors (Lipinski definition) is 1. The molecule has 2 heterocycles. The van der Waals surface area contributed by atoms with Crippen LogP contribution in [0.2, 0.25) is 0 Å². The SMILES string of the molecule is Cc1ccc(C(O)c2cccc3c2OCCC3)nc1. The van der Waals surface area contributed by atoms with E-state index < -0.39 is 6.10 Å². The van der Waals surface area contributed by atoms with Crippen LogP contribution in [0.3, 0.4) is 0 Å². The molecule has 0 saturated heterocycles. The lowest BCUT2D eigenvalue weighted by Gasteiger charge is -2.22. The van der Waals surface area contributed by atoms with Gasteiger partial charge in [0.15, 0.2) is 0 Å². The van der Waals surface area contributed by atoms with Gasteiger partial charge in [0, 0.05) is 11.8 Å². The summed E-state index contributed by atoms with van der Waals surface area (Å²) in [6.45, 7) is 2.70. The molecule has 3 heteroatoms. The smallest absolute Gasteiger partial charge is 0.128 e. The van der Waals surface area contributed by atoms with Crippen LogP contribution in [0, 0.1) is 6.92 Å². The van der Waals surface area contributed by atoms with Crippen LogP contribution < -0.4 is 4.74 Å². The van der Waals surface area contributed by atoms with Crippen LogP contribution in [0.15, 0.2) is 36.5 Å². The Morgan fingerprint density at radius 2 is 2.16 bits per heavy atom. The standard InChI is InChI=1S/C16H17NO2/c1-11-7-8-14(17-10-11)15(18)13-6-2-4-12-5-3-9-19-16(12)13/h2,4,6-8,10,15,18H,3,5,9H2,1H3. The van der Waals surface area contributed by atoms with E-state index in [-0.39, 0.29) is 0 Å². The van der Waals surface area contributed by atoms with Crippen molar-refractivity contribution in [2.75, 3.05) is 6.61 Å². The Bertz CT molecular complexity index is 578. The molecule has 19 heavy (non-hydrogen) atoms. The number of aromatic nitrogens is 1. The third-order valence-corrected chi connectivity index (χ3v) is 3.47. The highest BCUT2D eigenvalue weighted by Gasteiger charge is 2.21. The van der Waals surface area contributed by atoms with Crippen molar-refractivity contribution in [2.45, 2.75) is 25.9 Å². The van der Waals surface area contributed by atoms with E-state index in [1.807, 2.05) is 31.2 Å². The average molecular weight is 255 g/mol. The van der Waals surface area contributed by atoms with Gasteiger partial charge in [-0.15, -0.1) is 0 Å². The normalized spacial score (nSPS) is 15.5. The summed E-state index contributed by atoms with van der Waals surface area (Å²) in [6.07, 6.45) is 3.09. The molecule has 3 nitrogen and oxygen atoms in total. The van der Waals surface area contributed by atoms with Crippen molar-refractivity contribution in [3.8, 4) is 5.75 Å². The Balaban J connectivity index is 1.99. The van der Waals surface area contributed by atoms with Gasteiger partial charge in [-0.05, 0) is 37.0 Å². The number of pyridine rings is 1. The van der Waals surface area contributed by atoms with Gasteiger partial charge < -0.3 is 9.84 Å². The molecular formula is C16H17NO2. The highest BCUT2D eigenvalue weighted by Crippen LogP contribution is 2.34. The zero-order valence-electron chi connectivity index (χ0n) is 11.0. The Kier molecular flexibility index (Phi) is 3.22. The Labute approximate surface area is 112 Å². The number of nitrogens with zero attached hydrogens (tertiary/aromatic N) is 1. The zero-order valence-corrected chi connectivity index (χ0v) is 11.0. The molecule has 0 aliphatic carbocycles. The maximum absolute atomic E-state index is 10.5. The van der Waals surface area contributed by atoms with Crippen molar-refractivity contribution < 1.29 is 9.84 Å². The van der Waals surface area contributed by atoms with Crippen molar-refractivity contribution in [3.63, 3.8) is 0 Å². The van der Waals surface area contributed by atoms with Crippen LogP contribution >= 0.6 is 0 Å². The van der Waals surface area contributed by atoms with E-state index in [1.165, 1.54) is 5.56 Å². The summed E-state index contributed by atoms with van der Waals surface area (Å²) >= 11 is 0. The highest BCUT2D eigenvalue weighted by atomic mass is 16.5. The maximum Gasteiger partial charge on any atom is 0.128 e. The van der Waals surface area contributed by atoms with Gasteiger partial charge >= 0.3 is 0 Å². The van der Waals surface area contributed by atoms with Gasteiger partial charge in [-0.1, -0.05) is 24.3 Å². The van der Waals surface area contributed by atoms with Crippen LogP contribution in [0.25, 0.3) is 0 Å². The number of rotatable bonds is 2. The molecule has 1 aromatic heterocycles. The second-order valence-electron chi connectivity index (χ2n) is 4.95. The van der Waals surface area contributed by atoms with Gasteiger partial charge in [0.1, 0.15) is 11.9 Å². The largest absolute Gasteiger partial charge is 0.493 e. The first kappa shape index (κ1) is 12.2. The monoisotopic (exact) mass is 255 g/mol. The molecular weight excluding hydrogens is 238 g/mol. The molecule has 1 atom stereocenters. The molecule has 98 valence electrons. The summed E-state index contributed by atoms with van der Waals surface area (Å²) < 4.78 is 5.73. The second kappa shape index (κ2) is 5.02. The summed E-state index contributed by atoms with van der Waals surface area (Å²) in [6, 6.07) is 9.77. The van der Waals surface area contributed by atoms with Crippen molar-refractivity contribution in [3.05, 3.63) is 58.9 Å². The summed E-state index contributed by atoms with van der Waals surface area (Å²) in [5.74, 6) is 0.837. The maximum atomic E-state index is 10.5. The molecule has 1 aliphatic heterocycles. The Morgan fingerprint density at radius 3 is 2.95 bits per heavy atom. The number of para-hydroxylation sites is 1. The van der Waals surface area contributed by atoms with E-state index in [0.29, 0.717) is 5.69 Å². The molecule has 1 N–H and O–H groups in total. The molecule has 1 aromatic carbocycles. The van der Waals surface area contributed by atoms with Crippen LogP contribution in [0.5, 0.6) is 5.75 Å². The van der Waals surface area contributed by atoms with Crippen LogP contribution in [0.1, 0.15) is 34.9 Å². The topological polar surface area (TPSA) is 42.4 Å². The fourth-order valence-corrected chi connectivity index (χ4v) is 2.43. The molecule has 3 rings (SSSR count). The highest BCUT2D eigenvalue weighted by molar-refractivity contribution is 5.46. The van der Waals surface area contributed by atoms with E-state index in [9.17, 15) is 5.11 Å². The minimum Gasteiger partial charge on any atom is -0.493 e. The summed E-state index contributed by atoms with van der Waals surface area (Å²) in [5, 5.41) is 10.5. The van der Waals surface area contributed by atoms with E-state index in [2.05, 4.69) is 11.1 Å². The lowest BCUT2D eigenvalue weighted by molar-refractivity contribution is 0.202. The van der Waals surface area contributed by atoms with Crippen LogP contribution in [-0.4, -0.2) is 16.7 Å². The lowest BCUT2D eigenvalue weighted by Crippen LogP contribution is -2.13. The zero-order chi connectivity index (χ0) is 13.2. The quantitative estimate of drug-likeness (QED) is 0.897. The molecule has 0 saturated carbocycles. The van der Waals surface area contributed by atoms with Crippen molar-refractivity contribution in [1.82, 2.24) is 4.98 Å². The van der Waals surface area contributed by atoms with Crippen molar-refractivity contribution >= 4 is 0 Å². The number of aliphatic hydroxyl groups excluding tert-OH is 1. The number of fused-ring (bicyclic) bond motifs is 1. The minimum atomic E-state index is -0.728. The van der Waals surface area contributed by atoms with Crippen LogP contribution in [0.4, 0.5) is 0 Å². The van der Waals surface area contributed by atoms with Gasteiger partial charge in [-0.25, -0.2) is 0 Å². The van der Waals surface area contributed by atoms with E-state index in [0.717, 1.165) is 36.3 Å². The minimum absolute atomic E-state index is 0.660. The average Bonchev–Trinajstić information content (AvgIpc) is 2.47. The molecule has 0 amide bonds. The Hall–Kier alpha value is -1.87. The van der Waals surface area contributed by atoms with Gasteiger partial charge in [-0.2, -0.15) is 0 Å². The molecule has 0 fully saturated rings. The second-order valence-corrected chi connectivity index (χ2v) is 4.95. The first-order valence-electron chi connectivity index (χ1n) is 6.61. The van der Waals surface area contributed by atoms with Gasteiger partial charge in [0.2, 0.25) is 0 Å². The third-order valence-electron chi connectivity index (χ3n) is 3.47. The predicted molar refractivity (Wildman–Crippen MR) is 73.3 cm³/mol. The molecule has 0 spiro atoms. The molecule has 1 unspecified atom stereocenters. The number of aryl methyl sites for hydroxylation is 2. The van der Waals surface area contributed by atoms with Crippen molar-refractivity contribution in [2.24, 2.45) is 0 Å². The summed E-state index contributed by atoms with van der Waals surface area (Å²) in [5.41, 5.74) is 3.74. The number of hydrogen-bond acceptors (Lipinski definition) is 3. The molecule has 0 bridgehead atoms. The lowest BCUT2D eigenvalue weighted by atomic mass is 9.97.